The van der Waals surface area contributed by atoms with Crippen molar-refractivity contribution in [1.29, 1.82) is 0 Å². The van der Waals surface area contributed by atoms with Gasteiger partial charge in [-0.3, -0.25) is 0 Å². The van der Waals surface area contributed by atoms with E-state index < -0.39 is 10.0 Å². The zero-order chi connectivity index (χ0) is 20.6. The van der Waals surface area contributed by atoms with Crippen LogP contribution in [0.4, 0.5) is 5.69 Å². The van der Waals surface area contributed by atoms with Crippen molar-refractivity contribution in [3.8, 4) is 0 Å². The first kappa shape index (κ1) is 20.7. The average molecular weight is 434 g/mol. The number of sulfonamides is 1. The van der Waals surface area contributed by atoms with Gasteiger partial charge in [-0.25, -0.2) is 13.1 Å². The van der Waals surface area contributed by atoms with Crippen molar-refractivity contribution in [2.24, 2.45) is 0 Å². The van der Waals surface area contributed by atoms with Gasteiger partial charge in [-0.1, -0.05) is 29.8 Å². The summed E-state index contributed by atoms with van der Waals surface area (Å²) in [6.45, 7) is 6.09. The maximum atomic E-state index is 12.8. The minimum Gasteiger partial charge on any atom is -0.369 e. The van der Waals surface area contributed by atoms with Gasteiger partial charge in [0.25, 0.3) is 0 Å². The van der Waals surface area contributed by atoms with Crippen molar-refractivity contribution < 1.29 is 8.42 Å². The molecule has 2 aromatic rings. The third kappa shape index (κ3) is 4.45. The van der Waals surface area contributed by atoms with Crippen LogP contribution in [-0.4, -0.2) is 52.6 Å². The number of nitrogens with zero attached hydrogens (tertiary/aromatic N) is 2. The molecule has 2 aliphatic rings. The van der Waals surface area contributed by atoms with Gasteiger partial charge in [0.05, 0.1) is 4.90 Å². The normalized spacial score (nSPS) is 20.5. The van der Waals surface area contributed by atoms with Crippen molar-refractivity contribution in [3.63, 3.8) is 0 Å². The van der Waals surface area contributed by atoms with Crippen molar-refractivity contribution >= 4 is 27.3 Å². The van der Waals surface area contributed by atoms with E-state index in [1.54, 1.807) is 12.1 Å². The number of rotatable bonds is 4. The zero-order valence-electron chi connectivity index (χ0n) is 17.0. The van der Waals surface area contributed by atoms with E-state index in [0.717, 1.165) is 51.0 Å². The third-order valence-corrected chi connectivity index (χ3v) is 8.00. The summed E-state index contributed by atoms with van der Waals surface area (Å²) in [5, 5.41) is 0.471. The van der Waals surface area contributed by atoms with Gasteiger partial charge in [0, 0.05) is 42.9 Å². The molecular formula is C22H28ClN3O2S. The Hall–Kier alpha value is -1.60. The maximum Gasteiger partial charge on any atom is 0.240 e. The van der Waals surface area contributed by atoms with Gasteiger partial charge in [0.15, 0.2) is 0 Å². The van der Waals surface area contributed by atoms with E-state index >= 15 is 0 Å². The van der Waals surface area contributed by atoms with Gasteiger partial charge < -0.3 is 9.80 Å². The van der Waals surface area contributed by atoms with E-state index in [4.69, 9.17) is 11.6 Å². The lowest BCUT2D eigenvalue weighted by Gasteiger charge is -2.37. The average Bonchev–Trinajstić information content (AvgIpc) is 2.69. The summed E-state index contributed by atoms with van der Waals surface area (Å²) in [5.41, 5.74) is 4.82. The van der Waals surface area contributed by atoms with Crippen molar-refractivity contribution in [1.82, 2.24) is 9.62 Å². The number of hydrogen-bond donors (Lipinski definition) is 1. The van der Waals surface area contributed by atoms with Gasteiger partial charge in [-0.05, 0) is 68.1 Å². The Bertz CT molecular complexity index is 1000. The van der Waals surface area contributed by atoms with E-state index in [-0.39, 0.29) is 10.9 Å². The number of benzene rings is 2. The molecule has 1 fully saturated rings. The summed E-state index contributed by atoms with van der Waals surface area (Å²) < 4.78 is 28.6. The molecule has 5 nitrogen and oxygen atoms in total. The van der Waals surface area contributed by atoms with Crippen LogP contribution in [0.5, 0.6) is 0 Å². The monoisotopic (exact) mass is 433 g/mol. The molecule has 4 rings (SSSR count). The second kappa shape index (κ2) is 8.26. The van der Waals surface area contributed by atoms with Crippen LogP contribution in [0, 0.1) is 6.92 Å². The third-order valence-electron chi connectivity index (χ3n) is 6.08. The van der Waals surface area contributed by atoms with E-state index in [1.807, 2.05) is 6.92 Å². The predicted molar refractivity (Wildman–Crippen MR) is 118 cm³/mol. The SMILES string of the molecule is Cc1ccc(S(=O)(=O)NC2CCc3c(cccc3N3CCN(C)CC3)C2)cc1Cl. The van der Waals surface area contributed by atoms with Gasteiger partial charge >= 0.3 is 0 Å². The fraction of sp³-hybridized carbons (Fsp3) is 0.455. The number of halogens is 1. The second-order valence-electron chi connectivity index (χ2n) is 8.18. The molecule has 0 radical (unpaired) electrons. The molecule has 0 saturated carbocycles. The van der Waals surface area contributed by atoms with Crippen LogP contribution in [0.3, 0.4) is 0 Å². The Balaban J connectivity index is 1.50. The van der Waals surface area contributed by atoms with Crippen LogP contribution in [0.25, 0.3) is 0 Å². The number of hydrogen-bond acceptors (Lipinski definition) is 4. The van der Waals surface area contributed by atoms with Gasteiger partial charge in [-0.15, -0.1) is 0 Å². The molecule has 1 heterocycles. The molecule has 7 heteroatoms. The molecule has 1 saturated heterocycles. The maximum absolute atomic E-state index is 12.8. The highest BCUT2D eigenvalue weighted by Crippen LogP contribution is 2.32. The zero-order valence-corrected chi connectivity index (χ0v) is 18.6. The molecule has 29 heavy (non-hydrogen) atoms. The first-order valence-electron chi connectivity index (χ1n) is 10.2. The Morgan fingerprint density at radius 1 is 1.10 bits per heavy atom. The van der Waals surface area contributed by atoms with Crippen LogP contribution in [0.1, 0.15) is 23.1 Å². The van der Waals surface area contributed by atoms with E-state index in [9.17, 15) is 8.42 Å². The predicted octanol–water partition coefficient (Wildman–Crippen LogP) is 3.24. The summed E-state index contributed by atoms with van der Waals surface area (Å²) in [5.74, 6) is 0. The Morgan fingerprint density at radius 2 is 1.86 bits per heavy atom. The number of anilines is 1. The molecular weight excluding hydrogens is 406 g/mol. The highest BCUT2D eigenvalue weighted by atomic mass is 35.5. The lowest BCUT2D eigenvalue weighted by atomic mass is 9.87. The summed E-state index contributed by atoms with van der Waals surface area (Å²) >= 11 is 6.13. The largest absolute Gasteiger partial charge is 0.369 e. The fourth-order valence-corrected chi connectivity index (χ4v) is 5.80. The molecule has 1 atom stereocenters. The summed E-state index contributed by atoms with van der Waals surface area (Å²) in [6, 6.07) is 11.2. The van der Waals surface area contributed by atoms with Crippen molar-refractivity contribution in [3.05, 3.63) is 58.1 Å². The van der Waals surface area contributed by atoms with Gasteiger partial charge in [0.1, 0.15) is 0 Å². The summed E-state index contributed by atoms with van der Waals surface area (Å²) in [6.07, 6.45) is 2.41. The van der Waals surface area contributed by atoms with Crippen LogP contribution in [-0.2, 0) is 22.9 Å². The number of likely N-dealkylation sites (N-methyl/N-ethyl adjacent to an activating group) is 1. The van der Waals surface area contributed by atoms with Crippen LogP contribution < -0.4 is 9.62 Å². The number of aryl methyl sites for hydroxylation is 1. The molecule has 156 valence electrons. The number of nitrogens with one attached hydrogen (secondary N) is 1. The number of fused-ring (bicyclic) bond motifs is 1. The van der Waals surface area contributed by atoms with Crippen molar-refractivity contribution in [2.45, 2.75) is 37.1 Å². The second-order valence-corrected chi connectivity index (χ2v) is 10.3. The molecule has 1 unspecified atom stereocenters. The molecule has 0 bridgehead atoms. The van der Waals surface area contributed by atoms with E-state index in [2.05, 4.69) is 39.8 Å². The Kier molecular flexibility index (Phi) is 5.89. The molecule has 1 aliphatic carbocycles. The van der Waals surface area contributed by atoms with Crippen LogP contribution in [0.2, 0.25) is 5.02 Å². The Morgan fingerprint density at radius 3 is 2.59 bits per heavy atom. The smallest absolute Gasteiger partial charge is 0.240 e. The minimum absolute atomic E-state index is 0.102. The van der Waals surface area contributed by atoms with Gasteiger partial charge in [-0.2, -0.15) is 0 Å². The lowest BCUT2D eigenvalue weighted by molar-refractivity contribution is 0.312. The minimum atomic E-state index is -3.59. The summed E-state index contributed by atoms with van der Waals surface area (Å²) in [4.78, 5) is 5.05. The fourth-order valence-electron chi connectivity index (χ4n) is 4.26. The Labute approximate surface area is 178 Å². The molecule has 0 amide bonds. The van der Waals surface area contributed by atoms with Gasteiger partial charge in [0.2, 0.25) is 10.0 Å². The van der Waals surface area contributed by atoms with Crippen molar-refractivity contribution in [2.75, 3.05) is 38.1 Å². The quantitative estimate of drug-likeness (QED) is 0.804. The van der Waals surface area contributed by atoms with Crippen LogP contribution >= 0.6 is 11.6 Å². The van der Waals surface area contributed by atoms with Crippen LogP contribution in [0.15, 0.2) is 41.3 Å². The molecule has 1 aliphatic heterocycles. The molecule has 1 N–H and O–H groups in total. The highest BCUT2D eigenvalue weighted by Gasteiger charge is 2.27. The van der Waals surface area contributed by atoms with E-state index in [0.29, 0.717) is 5.02 Å². The molecule has 0 aromatic heterocycles. The number of piperazine rings is 1. The summed E-state index contributed by atoms with van der Waals surface area (Å²) in [7, 11) is -1.43. The first-order chi connectivity index (χ1) is 13.8. The first-order valence-corrected chi connectivity index (χ1v) is 12.0. The lowest BCUT2D eigenvalue weighted by Crippen LogP contribution is -2.45. The standard InChI is InChI=1S/C22H28ClN3O2S/c1-16-6-8-19(15-21(16)23)29(27,28)24-18-7-9-20-17(14-18)4-3-5-22(20)26-12-10-25(2)11-13-26/h3-6,8,15,18,24H,7,9-14H2,1-2H3. The molecule has 0 spiro atoms. The molecule has 2 aromatic carbocycles. The topological polar surface area (TPSA) is 52.7 Å². The highest BCUT2D eigenvalue weighted by molar-refractivity contribution is 7.89. The van der Waals surface area contributed by atoms with E-state index in [1.165, 1.54) is 22.9 Å².